The Morgan fingerprint density at radius 3 is 1.71 bits per heavy atom. The molecule has 0 radical (unpaired) electrons. The Kier molecular flexibility index (Phi) is 3.90. The molecule has 6 aromatic carbocycles. The first-order valence-corrected chi connectivity index (χ1v) is 12.3. The van der Waals surface area contributed by atoms with Crippen LogP contribution < -0.4 is 0 Å². The minimum Gasteiger partial charge on any atom is -0.0616 e. The molecule has 0 aromatic heterocycles. The molecule has 6 aromatic rings. The lowest BCUT2D eigenvalue weighted by atomic mass is 9.58. The molecule has 0 heteroatoms. The quantitative estimate of drug-likeness (QED) is 0.225. The van der Waals surface area contributed by atoms with Crippen LogP contribution in [0.3, 0.4) is 0 Å². The van der Waals surface area contributed by atoms with E-state index in [-0.39, 0.29) is 10.8 Å². The summed E-state index contributed by atoms with van der Waals surface area (Å²) < 4.78 is 0. The van der Waals surface area contributed by atoms with Crippen molar-refractivity contribution in [2.75, 3.05) is 0 Å². The van der Waals surface area contributed by atoms with Gasteiger partial charge in [-0.3, -0.25) is 0 Å². The summed E-state index contributed by atoms with van der Waals surface area (Å²) in [6, 6.07) is 38.6. The smallest absolute Gasteiger partial charge is 0.0195 e. The van der Waals surface area contributed by atoms with Crippen molar-refractivity contribution in [2.45, 2.75) is 38.0 Å². The fraction of sp³-hybridized carbons (Fsp3) is 0.176. The molecule has 1 atom stereocenters. The van der Waals surface area contributed by atoms with E-state index in [0.717, 1.165) is 6.42 Å². The van der Waals surface area contributed by atoms with Gasteiger partial charge in [-0.2, -0.15) is 0 Å². The zero-order chi connectivity index (χ0) is 23.1. The van der Waals surface area contributed by atoms with Crippen molar-refractivity contribution in [1.82, 2.24) is 0 Å². The molecule has 0 nitrogen and oxygen atoms in total. The minimum atomic E-state index is -0.0951. The summed E-state index contributed by atoms with van der Waals surface area (Å²) in [5.74, 6) is 0. The highest BCUT2D eigenvalue weighted by Gasteiger charge is 2.43. The van der Waals surface area contributed by atoms with E-state index in [2.05, 4.69) is 124 Å². The van der Waals surface area contributed by atoms with Crippen molar-refractivity contribution < 1.29 is 0 Å². The van der Waals surface area contributed by atoms with Gasteiger partial charge in [0.25, 0.3) is 0 Å². The molecule has 0 spiro atoms. The Bertz CT molecular complexity index is 1770. The van der Waals surface area contributed by atoms with Crippen molar-refractivity contribution in [1.29, 1.82) is 0 Å². The molecule has 0 heterocycles. The summed E-state index contributed by atoms with van der Waals surface area (Å²) in [6.07, 6.45) is 1.08. The number of rotatable bonds is 1. The van der Waals surface area contributed by atoms with Crippen LogP contribution in [-0.4, -0.2) is 0 Å². The predicted molar refractivity (Wildman–Crippen MR) is 147 cm³/mol. The molecule has 34 heavy (non-hydrogen) atoms. The summed E-state index contributed by atoms with van der Waals surface area (Å²) >= 11 is 0. The molecule has 1 aliphatic carbocycles. The lowest BCUT2D eigenvalue weighted by Gasteiger charge is -2.45. The summed E-state index contributed by atoms with van der Waals surface area (Å²) in [7, 11) is 0. The Morgan fingerprint density at radius 1 is 0.471 bits per heavy atom. The van der Waals surface area contributed by atoms with Gasteiger partial charge >= 0.3 is 0 Å². The Labute approximate surface area is 200 Å². The normalized spacial score (nSPS) is 19.3. The maximum atomic E-state index is 2.48. The molecule has 7 rings (SSSR count). The topological polar surface area (TPSA) is 0 Å². The lowest BCUT2D eigenvalue weighted by molar-refractivity contribution is 0.364. The Morgan fingerprint density at radius 2 is 1.00 bits per heavy atom. The van der Waals surface area contributed by atoms with E-state index in [1.165, 1.54) is 59.8 Å². The van der Waals surface area contributed by atoms with Crippen LogP contribution in [0.5, 0.6) is 0 Å². The van der Waals surface area contributed by atoms with Crippen molar-refractivity contribution >= 4 is 43.1 Å². The van der Waals surface area contributed by atoms with E-state index in [1.807, 2.05) is 0 Å². The second-order valence-electron chi connectivity index (χ2n) is 11.0. The van der Waals surface area contributed by atoms with Gasteiger partial charge in [-0.05, 0) is 83.7 Å². The first kappa shape index (κ1) is 19.8. The van der Waals surface area contributed by atoms with E-state index in [1.54, 1.807) is 0 Å². The third-order valence-electron chi connectivity index (χ3n) is 8.37. The van der Waals surface area contributed by atoms with Crippen LogP contribution in [0.4, 0.5) is 0 Å². The molecule has 1 unspecified atom stereocenters. The van der Waals surface area contributed by atoms with Crippen molar-refractivity contribution in [2.24, 2.45) is 0 Å². The molecule has 164 valence electrons. The lowest BCUT2D eigenvalue weighted by Crippen LogP contribution is -2.37. The summed E-state index contributed by atoms with van der Waals surface area (Å²) in [4.78, 5) is 0. The summed E-state index contributed by atoms with van der Waals surface area (Å²) in [5.41, 5.74) is 4.35. The van der Waals surface area contributed by atoms with Gasteiger partial charge in [0.1, 0.15) is 0 Å². The maximum absolute atomic E-state index is 2.48. The summed E-state index contributed by atoms with van der Waals surface area (Å²) in [6.45, 7) is 7.36. The Balaban J connectivity index is 1.66. The standard InChI is InChI=1S/C34H28/c1-33(2)21-34(3,30-19-22-11-4-6-13-24(22)26-15-8-9-16-27(26)30)29-18-10-17-28-25-14-7-5-12-23(25)20-31(33)32(28)29/h4-20H,21H2,1-3H3. The van der Waals surface area contributed by atoms with Crippen LogP contribution in [0.1, 0.15) is 43.9 Å². The van der Waals surface area contributed by atoms with Gasteiger partial charge in [-0.15, -0.1) is 0 Å². The second-order valence-corrected chi connectivity index (χ2v) is 11.0. The first-order chi connectivity index (χ1) is 16.5. The van der Waals surface area contributed by atoms with Gasteiger partial charge in [0.15, 0.2) is 0 Å². The zero-order valence-corrected chi connectivity index (χ0v) is 20.0. The number of benzene rings is 6. The largest absolute Gasteiger partial charge is 0.0616 e. The molecular formula is C34H28. The number of fused-ring (bicyclic) bond motifs is 5. The third-order valence-corrected chi connectivity index (χ3v) is 8.37. The molecule has 0 amide bonds. The highest BCUT2D eigenvalue weighted by Crippen LogP contribution is 2.54. The van der Waals surface area contributed by atoms with Crippen LogP contribution in [0.2, 0.25) is 0 Å². The van der Waals surface area contributed by atoms with E-state index in [4.69, 9.17) is 0 Å². The molecule has 0 fully saturated rings. The Hall–Kier alpha value is -3.64. The highest BCUT2D eigenvalue weighted by atomic mass is 14.5. The van der Waals surface area contributed by atoms with E-state index in [9.17, 15) is 0 Å². The van der Waals surface area contributed by atoms with Gasteiger partial charge in [0, 0.05) is 5.41 Å². The highest BCUT2D eigenvalue weighted by molar-refractivity contribution is 6.13. The molecule has 0 aliphatic heterocycles. The van der Waals surface area contributed by atoms with E-state index < -0.39 is 0 Å². The summed E-state index contributed by atoms with van der Waals surface area (Å²) in [5, 5.41) is 10.9. The molecule has 1 aliphatic rings. The minimum absolute atomic E-state index is 0.0537. The predicted octanol–water partition coefficient (Wildman–Crippen LogP) is 9.29. The maximum Gasteiger partial charge on any atom is 0.0195 e. The van der Waals surface area contributed by atoms with Crippen LogP contribution in [0, 0.1) is 0 Å². The number of hydrogen-bond donors (Lipinski definition) is 0. The average Bonchev–Trinajstić information content (AvgIpc) is 2.86. The number of hydrogen-bond acceptors (Lipinski definition) is 0. The SMILES string of the molecule is CC1(C)CC(C)(c2cc3ccccc3c3ccccc23)c2cccc3c2c1cc1ccccc13. The van der Waals surface area contributed by atoms with Gasteiger partial charge in [0.05, 0.1) is 0 Å². The van der Waals surface area contributed by atoms with Gasteiger partial charge in [0.2, 0.25) is 0 Å². The van der Waals surface area contributed by atoms with Crippen molar-refractivity contribution in [3.05, 3.63) is 120 Å². The van der Waals surface area contributed by atoms with Gasteiger partial charge in [-0.25, -0.2) is 0 Å². The van der Waals surface area contributed by atoms with Gasteiger partial charge < -0.3 is 0 Å². The van der Waals surface area contributed by atoms with Crippen LogP contribution in [-0.2, 0) is 10.8 Å². The first-order valence-electron chi connectivity index (χ1n) is 12.3. The molecule has 0 bridgehead atoms. The van der Waals surface area contributed by atoms with Crippen molar-refractivity contribution in [3.63, 3.8) is 0 Å². The van der Waals surface area contributed by atoms with E-state index >= 15 is 0 Å². The van der Waals surface area contributed by atoms with E-state index in [0.29, 0.717) is 0 Å². The van der Waals surface area contributed by atoms with Crippen LogP contribution in [0.15, 0.2) is 103 Å². The molecule has 0 saturated heterocycles. The second kappa shape index (κ2) is 6.70. The third kappa shape index (κ3) is 2.54. The monoisotopic (exact) mass is 436 g/mol. The fourth-order valence-corrected chi connectivity index (χ4v) is 6.98. The van der Waals surface area contributed by atoms with Crippen LogP contribution >= 0.6 is 0 Å². The molecular weight excluding hydrogens is 408 g/mol. The zero-order valence-electron chi connectivity index (χ0n) is 20.0. The van der Waals surface area contributed by atoms with Crippen molar-refractivity contribution in [3.8, 4) is 0 Å². The average molecular weight is 437 g/mol. The van der Waals surface area contributed by atoms with Crippen LogP contribution in [0.25, 0.3) is 43.1 Å². The van der Waals surface area contributed by atoms with Gasteiger partial charge in [-0.1, -0.05) is 112 Å². The molecule has 0 saturated carbocycles. The fourth-order valence-electron chi connectivity index (χ4n) is 6.98. The molecule has 0 N–H and O–H groups in total.